The highest BCUT2D eigenvalue weighted by atomic mass is 16.4. The molecular weight excluding hydrogens is 246 g/mol. The van der Waals surface area contributed by atoms with Crippen molar-refractivity contribution in [1.82, 2.24) is 10.2 Å². The van der Waals surface area contributed by atoms with Crippen LogP contribution in [0, 0.1) is 11.3 Å². The third-order valence-electron chi connectivity index (χ3n) is 2.93. The van der Waals surface area contributed by atoms with E-state index in [1.54, 1.807) is 24.3 Å². The van der Waals surface area contributed by atoms with Crippen LogP contribution in [0.4, 0.5) is 9.59 Å². The van der Waals surface area contributed by atoms with Crippen molar-refractivity contribution in [3.8, 4) is 6.07 Å². The minimum Gasteiger partial charge on any atom is -0.464 e. The van der Waals surface area contributed by atoms with Crippen LogP contribution < -0.4 is 5.32 Å². The van der Waals surface area contributed by atoms with Crippen molar-refractivity contribution in [1.29, 1.82) is 5.26 Å². The van der Waals surface area contributed by atoms with Crippen molar-refractivity contribution >= 4 is 12.1 Å². The molecule has 0 radical (unpaired) electrons. The first-order chi connectivity index (χ1) is 9.06. The second kappa shape index (κ2) is 4.82. The van der Waals surface area contributed by atoms with Gasteiger partial charge in [0.15, 0.2) is 0 Å². The Hall–Kier alpha value is -2.81. The number of nitrogens with zero attached hydrogens (tertiary/aromatic N) is 2. The van der Waals surface area contributed by atoms with Crippen LogP contribution in [0.3, 0.4) is 0 Å². The SMILES string of the molecule is CC1=C(C#N)C(c2ccccc2)NC(=O)N1C(=O)O. The highest BCUT2D eigenvalue weighted by molar-refractivity contribution is 5.94. The minimum atomic E-state index is -1.41. The molecule has 1 aliphatic rings. The van der Waals surface area contributed by atoms with Crippen molar-refractivity contribution in [2.24, 2.45) is 0 Å². The van der Waals surface area contributed by atoms with Crippen molar-refractivity contribution < 1.29 is 14.7 Å². The lowest BCUT2D eigenvalue weighted by Gasteiger charge is -2.30. The number of hydrogen-bond acceptors (Lipinski definition) is 3. The maximum absolute atomic E-state index is 11.8. The van der Waals surface area contributed by atoms with Gasteiger partial charge >= 0.3 is 12.1 Å². The fourth-order valence-electron chi connectivity index (χ4n) is 2.01. The largest absolute Gasteiger partial charge is 0.464 e. The Balaban J connectivity index is 2.52. The lowest BCUT2D eigenvalue weighted by molar-refractivity contribution is 0.155. The number of rotatable bonds is 1. The summed E-state index contributed by atoms with van der Waals surface area (Å²) in [5.74, 6) is 0. The van der Waals surface area contributed by atoms with Gasteiger partial charge in [0.05, 0.1) is 17.7 Å². The second-order valence-electron chi connectivity index (χ2n) is 4.02. The molecule has 0 aliphatic carbocycles. The van der Waals surface area contributed by atoms with Crippen LogP contribution in [-0.4, -0.2) is 22.1 Å². The molecule has 6 heteroatoms. The molecule has 6 nitrogen and oxygen atoms in total. The zero-order chi connectivity index (χ0) is 14.0. The Labute approximate surface area is 109 Å². The number of carbonyl (C=O) groups is 2. The number of carboxylic acid groups (broad SMARTS) is 1. The summed E-state index contributed by atoms with van der Waals surface area (Å²) in [6, 6.07) is 9.53. The summed E-state index contributed by atoms with van der Waals surface area (Å²) < 4.78 is 0. The van der Waals surface area contributed by atoms with Gasteiger partial charge in [-0.25, -0.2) is 14.5 Å². The Kier molecular flexibility index (Phi) is 3.21. The minimum absolute atomic E-state index is 0.132. The van der Waals surface area contributed by atoms with Crippen LogP contribution in [0.15, 0.2) is 41.6 Å². The number of nitrogens with one attached hydrogen (secondary N) is 1. The molecule has 0 fully saturated rings. The lowest BCUT2D eigenvalue weighted by atomic mass is 9.96. The number of urea groups is 1. The third kappa shape index (κ3) is 2.13. The first-order valence-electron chi connectivity index (χ1n) is 5.55. The van der Waals surface area contributed by atoms with Crippen LogP contribution in [0.2, 0.25) is 0 Å². The Morgan fingerprint density at radius 2 is 2.05 bits per heavy atom. The summed E-state index contributed by atoms with van der Waals surface area (Å²) in [7, 11) is 0. The predicted molar refractivity (Wildman–Crippen MR) is 65.9 cm³/mol. The van der Waals surface area contributed by atoms with E-state index in [1.807, 2.05) is 12.1 Å². The van der Waals surface area contributed by atoms with Gasteiger partial charge in [0, 0.05) is 5.70 Å². The van der Waals surface area contributed by atoms with Crippen LogP contribution in [0.5, 0.6) is 0 Å². The van der Waals surface area contributed by atoms with Gasteiger partial charge in [-0.1, -0.05) is 30.3 Å². The molecule has 96 valence electrons. The van der Waals surface area contributed by atoms with E-state index in [4.69, 9.17) is 5.11 Å². The number of carbonyl (C=O) groups excluding carboxylic acids is 1. The highest BCUT2D eigenvalue weighted by Crippen LogP contribution is 2.29. The molecule has 2 N–H and O–H groups in total. The van der Waals surface area contributed by atoms with Gasteiger partial charge in [-0.2, -0.15) is 5.26 Å². The van der Waals surface area contributed by atoms with Crippen LogP contribution in [-0.2, 0) is 0 Å². The van der Waals surface area contributed by atoms with Crippen molar-refractivity contribution in [2.45, 2.75) is 13.0 Å². The van der Waals surface area contributed by atoms with Gasteiger partial charge in [-0.05, 0) is 12.5 Å². The third-order valence-corrected chi connectivity index (χ3v) is 2.93. The smallest absolute Gasteiger partial charge is 0.419 e. The fourth-order valence-corrected chi connectivity index (χ4v) is 2.01. The van der Waals surface area contributed by atoms with E-state index >= 15 is 0 Å². The number of hydrogen-bond donors (Lipinski definition) is 2. The molecule has 0 saturated carbocycles. The average Bonchev–Trinajstić information content (AvgIpc) is 2.38. The van der Waals surface area contributed by atoms with Gasteiger partial charge in [0.1, 0.15) is 0 Å². The maximum Gasteiger partial charge on any atom is 0.419 e. The molecular formula is C13H11N3O3. The molecule has 0 spiro atoms. The van der Waals surface area contributed by atoms with E-state index in [1.165, 1.54) is 6.92 Å². The topological polar surface area (TPSA) is 93.4 Å². The molecule has 1 aliphatic heterocycles. The number of imide groups is 1. The molecule has 19 heavy (non-hydrogen) atoms. The van der Waals surface area contributed by atoms with Crippen LogP contribution in [0.25, 0.3) is 0 Å². The molecule has 3 amide bonds. The number of benzene rings is 1. The van der Waals surface area contributed by atoms with Gasteiger partial charge < -0.3 is 10.4 Å². The van der Waals surface area contributed by atoms with E-state index < -0.39 is 18.2 Å². The Morgan fingerprint density at radius 1 is 1.42 bits per heavy atom. The lowest BCUT2D eigenvalue weighted by Crippen LogP contribution is -2.48. The standard InChI is InChI=1S/C13H11N3O3/c1-8-10(7-14)11(9-5-3-2-4-6-9)15-12(17)16(8)13(18)19/h2-6,11H,1H3,(H,15,17)(H,18,19). The summed E-state index contributed by atoms with van der Waals surface area (Å²) in [6.07, 6.45) is -1.41. The molecule has 1 heterocycles. The Morgan fingerprint density at radius 3 is 2.58 bits per heavy atom. The van der Waals surface area contributed by atoms with E-state index in [9.17, 15) is 14.9 Å². The van der Waals surface area contributed by atoms with Gasteiger partial charge in [-0.15, -0.1) is 0 Å². The van der Waals surface area contributed by atoms with Gasteiger partial charge in [0.2, 0.25) is 0 Å². The zero-order valence-electron chi connectivity index (χ0n) is 10.1. The number of nitriles is 1. The number of amides is 3. The molecule has 0 bridgehead atoms. The van der Waals surface area contributed by atoms with E-state index in [0.717, 1.165) is 5.56 Å². The van der Waals surface area contributed by atoms with Crippen molar-refractivity contribution in [2.75, 3.05) is 0 Å². The second-order valence-corrected chi connectivity index (χ2v) is 4.02. The van der Waals surface area contributed by atoms with E-state index in [0.29, 0.717) is 4.90 Å². The van der Waals surface area contributed by atoms with Crippen molar-refractivity contribution in [3.63, 3.8) is 0 Å². The molecule has 0 saturated heterocycles. The summed E-state index contributed by atoms with van der Waals surface area (Å²) >= 11 is 0. The number of allylic oxidation sites excluding steroid dienone is 1. The first kappa shape index (κ1) is 12.6. The summed E-state index contributed by atoms with van der Waals surface area (Å²) in [6.45, 7) is 1.45. The van der Waals surface area contributed by atoms with E-state index in [2.05, 4.69) is 5.32 Å². The highest BCUT2D eigenvalue weighted by Gasteiger charge is 2.35. The average molecular weight is 257 g/mol. The molecule has 2 rings (SSSR count). The zero-order valence-corrected chi connectivity index (χ0v) is 10.1. The van der Waals surface area contributed by atoms with Crippen LogP contribution >= 0.6 is 0 Å². The molecule has 0 aromatic heterocycles. The molecule has 1 atom stereocenters. The monoisotopic (exact) mass is 257 g/mol. The quantitative estimate of drug-likeness (QED) is 0.806. The normalized spacial score (nSPS) is 18.8. The molecule has 1 aromatic carbocycles. The predicted octanol–water partition coefficient (Wildman–Crippen LogP) is 2.23. The van der Waals surface area contributed by atoms with Gasteiger partial charge in [-0.3, -0.25) is 0 Å². The fraction of sp³-hybridized carbons (Fsp3) is 0.154. The summed E-state index contributed by atoms with van der Waals surface area (Å²) in [5.41, 5.74) is 1.08. The Bertz CT molecular complexity index is 601. The summed E-state index contributed by atoms with van der Waals surface area (Å²) in [4.78, 5) is 23.3. The van der Waals surface area contributed by atoms with Crippen LogP contribution in [0.1, 0.15) is 18.5 Å². The van der Waals surface area contributed by atoms with E-state index in [-0.39, 0.29) is 11.3 Å². The van der Waals surface area contributed by atoms with Crippen molar-refractivity contribution in [3.05, 3.63) is 47.2 Å². The molecule has 1 aromatic rings. The van der Waals surface area contributed by atoms with Gasteiger partial charge in [0.25, 0.3) is 0 Å². The first-order valence-corrected chi connectivity index (χ1v) is 5.55. The molecule has 1 unspecified atom stereocenters. The summed E-state index contributed by atoms with van der Waals surface area (Å²) in [5, 5.41) is 20.7. The maximum atomic E-state index is 11.8.